The van der Waals surface area contributed by atoms with E-state index in [2.05, 4.69) is 20.2 Å². The number of aryl methyl sites for hydroxylation is 1. The van der Waals surface area contributed by atoms with E-state index in [1.807, 2.05) is 18.2 Å². The standard InChI is InChI=1S/C14H11N5O2/c1-19-11-5-3-2-4-9(11)12(14(19)21)17-18-13(20)10-8-15-6-7-16-10/h2-8,21H,1H3. The van der Waals surface area contributed by atoms with Crippen molar-refractivity contribution in [2.75, 3.05) is 0 Å². The van der Waals surface area contributed by atoms with E-state index in [0.29, 0.717) is 5.39 Å². The van der Waals surface area contributed by atoms with Crippen LogP contribution in [0.4, 0.5) is 5.69 Å². The summed E-state index contributed by atoms with van der Waals surface area (Å²) < 4.78 is 1.58. The van der Waals surface area contributed by atoms with E-state index in [0.717, 1.165) is 5.52 Å². The van der Waals surface area contributed by atoms with E-state index in [4.69, 9.17) is 0 Å². The number of azo groups is 1. The molecule has 0 saturated heterocycles. The minimum Gasteiger partial charge on any atom is -0.493 e. The molecule has 21 heavy (non-hydrogen) atoms. The highest BCUT2D eigenvalue weighted by atomic mass is 16.3. The zero-order chi connectivity index (χ0) is 14.8. The van der Waals surface area contributed by atoms with Crippen LogP contribution in [0.1, 0.15) is 10.5 Å². The van der Waals surface area contributed by atoms with Crippen molar-refractivity contribution in [2.24, 2.45) is 17.3 Å². The van der Waals surface area contributed by atoms with Gasteiger partial charge in [0.2, 0.25) is 5.88 Å². The molecule has 0 aliphatic rings. The second kappa shape index (κ2) is 5.12. The second-order valence-electron chi connectivity index (χ2n) is 4.34. The lowest BCUT2D eigenvalue weighted by molar-refractivity contribution is 0.0990. The Morgan fingerprint density at radius 2 is 2.10 bits per heavy atom. The lowest BCUT2D eigenvalue weighted by Gasteiger charge is -1.95. The number of carbonyl (C=O) groups is 1. The molecule has 2 aromatic heterocycles. The molecule has 3 aromatic rings. The number of hydrogen-bond acceptors (Lipinski definition) is 5. The van der Waals surface area contributed by atoms with E-state index in [9.17, 15) is 9.90 Å². The minimum absolute atomic E-state index is 0.0492. The van der Waals surface area contributed by atoms with Crippen LogP contribution in [0.25, 0.3) is 10.9 Å². The van der Waals surface area contributed by atoms with Crippen molar-refractivity contribution in [3.05, 3.63) is 48.5 Å². The van der Waals surface area contributed by atoms with Gasteiger partial charge in [0.25, 0.3) is 0 Å². The van der Waals surface area contributed by atoms with Gasteiger partial charge in [-0.25, -0.2) is 4.98 Å². The van der Waals surface area contributed by atoms with Crippen molar-refractivity contribution >= 4 is 22.5 Å². The summed E-state index contributed by atoms with van der Waals surface area (Å²) in [5.41, 5.74) is 1.15. The fourth-order valence-corrected chi connectivity index (χ4v) is 2.01. The number of amides is 1. The summed E-state index contributed by atoms with van der Waals surface area (Å²) in [6, 6.07) is 7.33. The third kappa shape index (κ3) is 2.25. The number of aromatic nitrogens is 3. The zero-order valence-electron chi connectivity index (χ0n) is 11.1. The number of carbonyl (C=O) groups excluding carboxylic acids is 1. The van der Waals surface area contributed by atoms with E-state index in [1.165, 1.54) is 18.6 Å². The number of fused-ring (bicyclic) bond motifs is 1. The van der Waals surface area contributed by atoms with Gasteiger partial charge in [0.05, 0.1) is 11.7 Å². The van der Waals surface area contributed by atoms with Gasteiger partial charge in [-0.05, 0) is 6.07 Å². The molecule has 1 amide bonds. The number of hydrogen-bond donors (Lipinski definition) is 1. The van der Waals surface area contributed by atoms with Gasteiger partial charge in [-0.3, -0.25) is 9.78 Å². The summed E-state index contributed by atoms with van der Waals surface area (Å²) in [6.45, 7) is 0. The Bertz CT molecular complexity index is 839. The van der Waals surface area contributed by atoms with Crippen LogP contribution in [0.3, 0.4) is 0 Å². The highest BCUT2D eigenvalue weighted by Gasteiger charge is 2.14. The quantitative estimate of drug-likeness (QED) is 0.730. The summed E-state index contributed by atoms with van der Waals surface area (Å²) in [7, 11) is 1.71. The van der Waals surface area contributed by atoms with Crippen LogP contribution in [-0.4, -0.2) is 25.5 Å². The van der Waals surface area contributed by atoms with Gasteiger partial charge in [0.1, 0.15) is 5.69 Å². The van der Waals surface area contributed by atoms with Crippen LogP contribution in [0.2, 0.25) is 0 Å². The van der Waals surface area contributed by atoms with Gasteiger partial charge in [-0.15, -0.1) is 10.2 Å². The van der Waals surface area contributed by atoms with Crippen molar-refractivity contribution in [2.45, 2.75) is 0 Å². The maximum absolute atomic E-state index is 11.8. The van der Waals surface area contributed by atoms with E-state index >= 15 is 0 Å². The van der Waals surface area contributed by atoms with E-state index in [1.54, 1.807) is 17.7 Å². The summed E-state index contributed by atoms with van der Waals surface area (Å²) in [5, 5.41) is 18.3. The third-order valence-corrected chi connectivity index (χ3v) is 3.07. The molecule has 0 atom stereocenters. The first-order chi connectivity index (χ1) is 10.2. The van der Waals surface area contributed by atoms with Crippen LogP contribution in [0.5, 0.6) is 5.88 Å². The molecule has 0 saturated carbocycles. The molecule has 1 aromatic carbocycles. The Balaban J connectivity index is 2.01. The Morgan fingerprint density at radius 3 is 2.86 bits per heavy atom. The Kier molecular flexibility index (Phi) is 3.15. The van der Waals surface area contributed by atoms with Crippen LogP contribution in [0, 0.1) is 0 Å². The van der Waals surface area contributed by atoms with Crippen LogP contribution in [-0.2, 0) is 7.05 Å². The van der Waals surface area contributed by atoms with Crippen molar-refractivity contribution in [3.8, 4) is 5.88 Å². The van der Waals surface area contributed by atoms with Gasteiger partial charge in [-0.2, -0.15) is 0 Å². The molecule has 0 aliphatic heterocycles. The van der Waals surface area contributed by atoms with Gasteiger partial charge >= 0.3 is 5.91 Å². The molecule has 0 bridgehead atoms. The molecule has 1 N–H and O–H groups in total. The van der Waals surface area contributed by atoms with Crippen molar-refractivity contribution in [1.82, 2.24) is 14.5 Å². The number of rotatable bonds is 2. The third-order valence-electron chi connectivity index (χ3n) is 3.07. The predicted octanol–water partition coefficient (Wildman–Crippen LogP) is 2.60. The van der Waals surface area contributed by atoms with Crippen molar-refractivity contribution < 1.29 is 9.90 Å². The molecule has 0 aliphatic carbocycles. The number of aromatic hydroxyl groups is 1. The van der Waals surface area contributed by atoms with Crippen LogP contribution < -0.4 is 0 Å². The summed E-state index contributed by atoms with van der Waals surface area (Å²) in [4.78, 5) is 19.5. The largest absolute Gasteiger partial charge is 0.493 e. The van der Waals surface area contributed by atoms with Crippen molar-refractivity contribution in [3.63, 3.8) is 0 Å². The number of nitrogens with zero attached hydrogens (tertiary/aromatic N) is 5. The first-order valence-electron chi connectivity index (χ1n) is 6.17. The van der Waals surface area contributed by atoms with Gasteiger partial charge in [0, 0.05) is 24.8 Å². The Hall–Kier alpha value is -3.09. The fraction of sp³-hybridized carbons (Fsp3) is 0.0714. The van der Waals surface area contributed by atoms with Crippen LogP contribution in [0.15, 0.2) is 53.1 Å². The maximum Gasteiger partial charge on any atom is 0.315 e. The first kappa shape index (κ1) is 12.9. The first-order valence-corrected chi connectivity index (χ1v) is 6.17. The molecule has 0 spiro atoms. The maximum atomic E-state index is 11.8. The second-order valence-corrected chi connectivity index (χ2v) is 4.34. The topological polar surface area (TPSA) is 92.7 Å². The van der Waals surface area contributed by atoms with Gasteiger partial charge in [0.15, 0.2) is 5.69 Å². The molecular weight excluding hydrogens is 270 g/mol. The lowest BCUT2D eigenvalue weighted by Crippen LogP contribution is -1.97. The zero-order valence-corrected chi connectivity index (χ0v) is 11.1. The van der Waals surface area contributed by atoms with Crippen LogP contribution >= 0.6 is 0 Å². The molecule has 7 heteroatoms. The Labute approximate surface area is 119 Å². The Morgan fingerprint density at radius 1 is 1.29 bits per heavy atom. The fourth-order valence-electron chi connectivity index (χ4n) is 2.01. The summed E-state index contributed by atoms with van der Waals surface area (Å²) in [6.07, 6.45) is 4.17. The average Bonchev–Trinajstić information content (AvgIpc) is 2.78. The highest BCUT2D eigenvalue weighted by molar-refractivity contribution is 5.96. The van der Waals surface area contributed by atoms with Gasteiger partial charge in [-0.1, -0.05) is 18.2 Å². The molecular formula is C14H11N5O2. The highest BCUT2D eigenvalue weighted by Crippen LogP contribution is 2.37. The molecule has 104 valence electrons. The smallest absolute Gasteiger partial charge is 0.315 e. The molecule has 2 heterocycles. The molecule has 7 nitrogen and oxygen atoms in total. The van der Waals surface area contributed by atoms with Gasteiger partial charge < -0.3 is 9.67 Å². The van der Waals surface area contributed by atoms with E-state index < -0.39 is 5.91 Å². The number of para-hydroxylation sites is 1. The molecule has 3 rings (SSSR count). The summed E-state index contributed by atoms with van der Waals surface area (Å²) in [5.74, 6) is -0.665. The normalized spacial score (nSPS) is 11.3. The average molecular weight is 281 g/mol. The molecule has 0 fully saturated rings. The number of benzene rings is 1. The van der Waals surface area contributed by atoms with E-state index in [-0.39, 0.29) is 17.3 Å². The summed E-state index contributed by atoms with van der Waals surface area (Å²) >= 11 is 0. The predicted molar refractivity (Wildman–Crippen MR) is 75.5 cm³/mol. The monoisotopic (exact) mass is 281 g/mol. The minimum atomic E-state index is -0.615. The molecule has 0 radical (unpaired) electrons. The SMILES string of the molecule is Cn1c(O)c(N=NC(=O)c2cnccn2)c2ccccc21. The lowest BCUT2D eigenvalue weighted by atomic mass is 10.2. The van der Waals surface area contributed by atoms with Crippen molar-refractivity contribution in [1.29, 1.82) is 0 Å². The molecule has 0 unspecified atom stereocenters.